The van der Waals surface area contributed by atoms with Crippen molar-refractivity contribution in [3.05, 3.63) is 48.2 Å². The minimum Gasteiger partial charge on any atom is -0.480 e. The number of aliphatic hydroxyl groups is 1. The van der Waals surface area contributed by atoms with Crippen molar-refractivity contribution in [2.75, 3.05) is 45.9 Å². The highest BCUT2D eigenvalue weighted by atomic mass is 16.4. The number of hydrogen-bond acceptors (Lipinski definition) is 13. The molecule has 70 heavy (non-hydrogen) atoms. The first-order valence-corrected chi connectivity index (χ1v) is 23.2. The number of nitrogens with zero attached hydrogens (tertiary/aromatic N) is 5. The molecular weight excluding hydrogens is 915 g/mol. The molecular formula is C44H67N15O11. The van der Waals surface area contributed by atoms with Crippen LogP contribution in [0, 0.1) is 0 Å². The Balaban J connectivity index is 1.30. The van der Waals surface area contributed by atoms with Crippen LogP contribution >= 0.6 is 0 Å². The van der Waals surface area contributed by atoms with Crippen LogP contribution in [-0.2, 0) is 49.6 Å². The summed E-state index contributed by atoms with van der Waals surface area (Å²) in [5, 5.41) is 32.1. The van der Waals surface area contributed by atoms with Crippen molar-refractivity contribution in [1.29, 1.82) is 0 Å². The molecule has 26 heteroatoms. The van der Waals surface area contributed by atoms with Gasteiger partial charge in [0.2, 0.25) is 41.4 Å². The van der Waals surface area contributed by atoms with E-state index in [4.69, 9.17) is 28.7 Å². The number of carboxylic acids is 1. The van der Waals surface area contributed by atoms with E-state index in [-0.39, 0.29) is 57.2 Å². The molecule has 3 aliphatic rings. The predicted molar refractivity (Wildman–Crippen MR) is 253 cm³/mol. The fraction of sp³-hybridized carbons (Fsp3) is 0.568. The van der Waals surface area contributed by atoms with Crippen LogP contribution in [-0.4, -0.2) is 178 Å². The normalized spacial score (nSPS) is 19.1. The average molecular weight is 982 g/mol. The van der Waals surface area contributed by atoms with Crippen molar-refractivity contribution in [1.82, 2.24) is 41.3 Å². The molecule has 384 valence electrons. The fourth-order valence-corrected chi connectivity index (χ4v) is 8.49. The number of nitrogens with one attached hydrogen (secondary N) is 5. The monoisotopic (exact) mass is 982 g/mol. The lowest BCUT2D eigenvalue weighted by atomic mass is 10.0. The van der Waals surface area contributed by atoms with Crippen LogP contribution in [0.2, 0.25) is 0 Å². The molecule has 0 aromatic heterocycles. The molecule has 0 spiro atoms. The van der Waals surface area contributed by atoms with Gasteiger partial charge in [-0.2, -0.15) is 0 Å². The zero-order chi connectivity index (χ0) is 51.5. The van der Waals surface area contributed by atoms with E-state index in [0.29, 0.717) is 63.6 Å². The molecule has 26 nitrogen and oxygen atoms in total. The summed E-state index contributed by atoms with van der Waals surface area (Å²) in [5.41, 5.74) is 27.6. The molecule has 4 rings (SSSR count). The molecule has 0 unspecified atom stereocenters. The van der Waals surface area contributed by atoms with E-state index in [1.165, 1.54) is 9.80 Å². The van der Waals surface area contributed by atoms with Crippen LogP contribution in [0.5, 0.6) is 0 Å². The minimum absolute atomic E-state index is 0.0207. The minimum atomic E-state index is -1.60. The highest BCUT2D eigenvalue weighted by Crippen LogP contribution is 2.26. The Hall–Kier alpha value is -7.35. The van der Waals surface area contributed by atoms with Gasteiger partial charge in [-0.1, -0.05) is 36.9 Å². The van der Waals surface area contributed by atoms with E-state index in [1.807, 2.05) is 0 Å². The van der Waals surface area contributed by atoms with Crippen molar-refractivity contribution in [2.45, 2.75) is 113 Å². The number of aliphatic hydroxyl groups excluding tert-OH is 1. The van der Waals surface area contributed by atoms with Crippen molar-refractivity contribution < 1.29 is 53.4 Å². The summed E-state index contributed by atoms with van der Waals surface area (Å²) in [6.07, 6.45) is 3.18. The van der Waals surface area contributed by atoms with Gasteiger partial charge in [0, 0.05) is 39.1 Å². The summed E-state index contributed by atoms with van der Waals surface area (Å²) >= 11 is 0. The highest BCUT2D eigenvalue weighted by molar-refractivity contribution is 6.01. The Labute approximate surface area is 404 Å². The molecule has 17 N–H and O–H groups in total. The first-order valence-electron chi connectivity index (χ1n) is 23.2. The number of aliphatic imine (C=N–C) groups is 2. The van der Waals surface area contributed by atoms with Crippen molar-refractivity contribution >= 4 is 65.1 Å². The molecule has 1 aromatic carbocycles. The molecule has 3 fully saturated rings. The van der Waals surface area contributed by atoms with Crippen molar-refractivity contribution in [3.63, 3.8) is 0 Å². The molecule has 8 amide bonds. The molecule has 0 aliphatic carbocycles. The van der Waals surface area contributed by atoms with Crippen molar-refractivity contribution in [2.24, 2.45) is 38.7 Å². The largest absolute Gasteiger partial charge is 0.480 e. The van der Waals surface area contributed by atoms with Gasteiger partial charge in [0.15, 0.2) is 11.9 Å². The number of carbonyl (C=O) groups excluding carboxylic acids is 8. The number of benzene rings is 1. The standard InChI is InChI=1S/C44H67N15O11/c1-25(53-34(61)23-52-37(64)31-14-7-20-58(31)41(68)33-16-9-21-59(33)39(66)27(45)12-5-17-50-43(46)47)35(62)56-30(24-60)40(67)57-19-8-15-32(57)38(65)55-29(22-26-10-3-2-4-11-26)36(63)54-28(42(69)70)13-6-18-51-44(48)49/h2-4,10-11,27-33,60H,1,5-9,12-24,45H2,(H,52,64)(H,53,61)(H,54,63)(H,55,65)(H,56,62)(H,69,70)(H4,46,47,50)(H4,48,49,51)/t27-,28-,29-,30-,31-,32-,33-/m0/s1. The third-order valence-electron chi connectivity index (χ3n) is 12.0. The van der Waals surface area contributed by atoms with Crippen LogP contribution in [0.1, 0.15) is 69.8 Å². The fourth-order valence-electron chi connectivity index (χ4n) is 8.49. The molecule has 7 atom stereocenters. The van der Waals surface area contributed by atoms with Crippen LogP contribution in [0.15, 0.2) is 52.6 Å². The second-order valence-corrected chi connectivity index (χ2v) is 17.2. The zero-order valence-electron chi connectivity index (χ0n) is 39.1. The zero-order valence-corrected chi connectivity index (χ0v) is 39.1. The summed E-state index contributed by atoms with van der Waals surface area (Å²) in [4.78, 5) is 131. The molecule has 0 radical (unpaired) electrons. The van der Waals surface area contributed by atoms with E-state index >= 15 is 0 Å². The smallest absolute Gasteiger partial charge is 0.326 e. The van der Waals surface area contributed by atoms with Gasteiger partial charge in [0.1, 0.15) is 36.3 Å². The summed E-state index contributed by atoms with van der Waals surface area (Å²) in [6, 6.07) is 0.658. The van der Waals surface area contributed by atoms with Gasteiger partial charge in [0.25, 0.3) is 5.91 Å². The molecule has 3 aliphatic heterocycles. The topological polar surface area (TPSA) is 419 Å². The van der Waals surface area contributed by atoms with Gasteiger partial charge in [-0.15, -0.1) is 0 Å². The molecule has 1 aromatic rings. The number of amides is 8. The molecule has 0 bridgehead atoms. The average Bonchev–Trinajstić information content (AvgIpc) is 4.14. The van der Waals surface area contributed by atoms with E-state index in [2.05, 4.69) is 43.1 Å². The number of carboxylic acid groups (broad SMARTS) is 1. The quantitative estimate of drug-likeness (QED) is 0.0189. The van der Waals surface area contributed by atoms with Crippen molar-refractivity contribution in [3.8, 4) is 0 Å². The second-order valence-electron chi connectivity index (χ2n) is 17.2. The maximum Gasteiger partial charge on any atom is 0.326 e. The van der Waals surface area contributed by atoms with Gasteiger partial charge >= 0.3 is 5.97 Å². The highest BCUT2D eigenvalue weighted by Gasteiger charge is 2.43. The number of aliphatic carboxylic acids is 1. The first-order chi connectivity index (χ1) is 33.3. The lowest BCUT2D eigenvalue weighted by Gasteiger charge is -2.32. The predicted octanol–water partition coefficient (Wildman–Crippen LogP) is -5.09. The van der Waals surface area contributed by atoms with Gasteiger partial charge in [-0.25, -0.2) is 4.79 Å². The Morgan fingerprint density at radius 3 is 1.84 bits per heavy atom. The van der Waals surface area contributed by atoms with Crippen LogP contribution in [0.25, 0.3) is 0 Å². The SMILES string of the molecule is C=C(NC(=O)CNC(=O)[C@@H]1CCCN1C(=O)[C@@H]1CCCN1C(=O)[C@@H](N)CCCN=C(N)N)C(=O)N[C@@H](CO)C(=O)N1CCC[C@H]1C(=O)N[C@@H](Cc1ccccc1)C(=O)N[C@@H](CCCN=C(N)N)C(=O)O. The van der Waals surface area contributed by atoms with Crippen LogP contribution in [0.3, 0.4) is 0 Å². The molecule has 0 saturated carbocycles. The van der Waals surface area contributed by atoms with Crippen LogP contribution in [0.4, 0.5) is 0 Å². The number of guanidine groups is 2. The maximum absolute atomic E-state index is 13.8. The first kappa shape index (κ1) is 55.2. The maximum atomic E-state index is 13.8. The van der Waals surface area contributed by atoms with Crippen LogP contribution < -0.4 is 55.3 Å². The Kier molecular flexibility index (Phi) is 21.3. The van der Waals surface area contributed by atoms with E-state index < -0.39 is 114 Å². The third kappa shape index (κ3) is 16.1. The Morgan fingerprint density at radius 2 is 1.26 bits per heavy atom. The van der Waals surface area contributed by atoms with Gasteiger partial charge in [-0.05, 0) is 69.8 Å². The lowest BCUT2D eigenvalue weighted by molar-refractivity contribution is -0.147. The Bertz CT molecular complexity index is 2130. The number of nitrogens with two attached hydrogens (primary N) is 5. The van der Waals surface area contributed by atoms with Gasteiger partial charge < -0.3 is 80.2 Å². The van der Waals surface area contributed by atoms with E-state index in [9.17, 15) is 53.4 Å². The number of carbonyl (C=O) groups is 9. The number of hydrogen-bond donors (Lipinski definition) is 12. The summed E-state index contributed by atoms with van der Waals surface area (Å²) in [5.74, 6) is -7.31. The van der Waals surface area contributed by atoms with Gasteiger partial charge in [0.05, 0.1) is 24.9 Å². The Morgan fingerprint density at radius 1 is 0.700 bits per heavy atom. The van der Waals surface area contributed by atoms with Gasteiger partial charge in [-0.3, -0.25) is 48.3 Å². The lowest BCUT2D eigenvalue weighted by Crippen LogP contribution is -2.58. The second kappa shape index (κ2) is 27.0. The third-order valence-corrected chi connectivity index (χ3v) is 12.0. The summed E-state index contributed by atoms with van der Waals surface area (Å²) < 4.78 is 0. The molecule has 3 saturated heterocycles. The van der Waals surface area contributed by atoms with E-state index in [1.54, 1.807) is 30.3 Å². The number of rotatable bonds is 25. The summed E-state index contributed by atoms with van der Waals surface area (Å²) in [7, 11) is 0. The molecule has 3 heterocycles. The summed E-state index contributed by atoms with van der Waals surface area (Å²) in [6.45, 7) is 3.04. The number of likely N-dealkylation sites (tertiary alicyclic amines) is 3. The van der Waals surface area contributed by atoms with E-state index in [0.717, 1.165) is 4.90 Å².